The van der Waals surface area contributed by atoms with E-state index in [2.05, 4.69) is 5.32 Å². The van der Waals surface area contributed by atoms with Gasteiger partial charge in [-0.2, -0.15) is 0 Å². The van der Waals surface area contributed by atoms with E-state index in [9.17, 15) is 9.59 Å². The van der Waals surface area contributed by atoms with E-state index in [1.54, 1.807) is 60.7 Å². The molecule has 1 aliphatic rings. The maximum absolute atomic E-state index is 13.1. The molecule has 0 unspecified atom stereocenters. The molecule has 35 heavy (non-hydrogen) atoms. The van der Waals surface area contributed by atoms with Gasteiger partial charge in [0.1, 0.15) is 5.75 Å². The molecule has 4 rings (SSSR count). The molecule has 0 aliphatic carbocycles. The Labute approximate surface area is 225 Å². The number of nitrogens with one attached hydrogen (secondary N) is 2. The molecule has 0 radical (unpaired) electrons. The van der Waals surface area contributed by atoms with Crippen LogP contribution in [0.5, 0.6) is 5.75 Å². The van der Waals surface area contributed by atoms with Crippen LogP contribution >= 0.6 is 58.2 Å². The molecule has 11 heteroatoms. The molecule has 0 aromatic heterocycles. The van der Waals surface area contributed by atoms with Crippen molar-refractivity contribution >= 4 is 92.6 Å². The Morgan fingerprint density at radius 3 is 2.40 bits per heavy atom. The highest BCUT2D eigenvalue weighted by molar-refractivity contribution is 8.19. The van der Waals surface area contributed by atoms with Gasteiger partial charge in [0.25, 0.3) is 11.8 Å². The fourth-order valence-electron chi connectivity index (χ4n) is 3.12. The lowest BCUT2D eigenvalue weighted by atomic mass is 10.1. The van der Waals surface area contributed by atoms with Crippen molar-refractivity contribution in [3.05, 3.63) is 91.2 Å². The topological polar surface area (TPSA) is 82.5 Å². The smallest absolute Gasteiger partial charge is 0.271 e. The van der Waals surface area contributed by atoms with Gasteiger partial charge in [0.05, 0.1) is 20.6 Å². The van der Waals surface area contributed by atoms with Crippen LogP contribution in [-0.2, 0) is 9.59 Å². The summed E-state index contributed by atoms with van der Waals surface area (Å²) in [5.41, 5.74) is 1.48. The van der Waals surface area contributed by atoms with Crippen LogP contribution in [0.3, 0.4) is 0 Å². The third-order valence-corrected chi connectivity index (χ3v) is 6.84. The van der Waals surface area contributed by atoms with Gasteiger partial charge < -0.3 is 10.1 Å². The van der Waals surface area contributed by atoms with Crippen molar-refractivity contribution in [3.8, 4) is 5.75 Å². The van der Waals surface area contributed by atoms with Gasteiger partial charge in [0.15, 0.2) is 11.8 Å². The number of amidine groups is 1. The lowest BCUT2D eigenvalue weighted by molar-refractivity contribution is -0.118. The fourth-order valence-corrected chi connectivity index (χ4v) is 4.58. The summed E-state index contributed by atoms with van der Waals surface area (Å²) >= 11 is 25.0. The summed E-state index contributed by atoms with van der Waals surface area (Å²) in [6.45, 7) is -0.271. The van der Waals surface area contributed by atoms with Crippen molar-refractivity contribution in [2.24, 2.45) is 0 Å². The molecular formula is C24H15Cl4N3O3S. The number of amides is 2. The van der Waals surface area contributed by atoms with Gasteiger partial charge in [-0.1, -0.05) is 46.4 Å². The molecule has 1 saturated heterocycles. The second-order valence-electron chi connectivity index (χ2n) is 7.18. The van der Waals surface area contributed by atoms with E-state index in [0.717, 1.165) is 11.8 Å². The summed E-state index contributed by atoms with van der Waals surface area (Å²) in [6.07, 6.45) is 1.57. The van der Waals surface area contributed by atoms with Gasteiger partial charge in [-0.25, -0.2) is 0 Å². The normalized spacial score (nSPS) is 14.5. The molecular weight excluding hydrogens is 552 g/mol. The van der Waals surface area contributed by atoms with Gasteiger partial charge >= 0.3 is 0 Å². The highest BCUT2D eigenvalue weighted by Crippen LogP contribution is 2.38. The minimum atomic E-state index is -0.412. The number of thioether (sulfide) groups is 1. The van der Waals surface area contributed by atoms with Crippen molar-refractivity contribution < 1.29 is 14.3 Å². The second-order valence-corrected chi connectivity index (χ2v) is 9.90. The predicted molar refractivity (Wildman–Crippen MR) is 144 cm³/mol. The molecule has 2 N–H and O–H groups in total. The van der Waals surface area contributed by atoms with Crippen LogP contribution in [0.4, 0.5) is 11.4 Å². The fraction of sp³-hybridized carbons (Fsp3) is 0.0417. The van der Waals surface area contributed by atoms with E-state index in [4.69, 9.17) is 56.5 Å². The number of halogens is 4. The molecule has 1 heterocycles. The number of benzene rings is 3. The number of carbonyl (C=O) groups is 2. The number of nitrogens with zero attached hydrogens (tertiary/aromatic N) is 1. The molecule has 0 saturated carbocycles. The zero-order chi connectivity index (χ0) is 25.1. The van der Waals surface area contributed by atoms with Crippen LogP contribution < -0.4 is 15.0 Å². The summed E-state index contributed by atoms with van der Waals surface area (Å²) in [6, 6.07) is 16.2. The maximum atomic E-state index is 13.1. The largest absolute Gasteiger partial charge is 0.483 e. The highest BCUT2D eigenvalue weighted by atomic mass is 35.5. The molecule has 178 valence electrons. The van der Waals surface area contributed by atoms with E-state index >= 15 is 0 Å². The van der Waals surface area contributed by atoms with Gasteiger partial charge in [-0.15, -0.1) is 0 Å². The highest BCUT2D eigenvalue weighted by Gasteiger charge is 2.34. The summed E-state index contributed by atoms with van der Waals surface area (Å²) in [4.78, 5) is 26.9. The van der Waals surface area contributed by atoms with Crippen molar-refractivity contribution in [1.82, 2.24) is 0 Å². The Morgan fingerprint density at radius 1 is 0.971 bits per heavy atom. The lowest BCUT2D eigenvalue weighted by Gasteiger charge is -2.15. The lowest BCUT2D eigenvalue weighted by Crippen LogP contribution is -2.28. The molecule has 2 amide bonds. The van der Waals surface area contributed by atoms with E-state index < -0.39 is 5.91 Å². The van der Waals surface area contributed by atoms with Gasteiger partial charge in [0, 0.05) is 21.3 Å². The van der Waals surface area contributed by atoms with Gasteiger partial charge in [0.2, 0.25) is 0 Å². The van der Waals surface area contributed by atoms with Crippen LogP contribution in [0.25, 0.3) is 6.08 Å². The average Bonchev–Trinajstić information content (AvgIpc) is 3.09. The first-order valence-electron chi connectivity index (χ1n) is 9.96. The number of ether oxygens (including phenoxy) is 1. The van der Waals surface area contributed by atoms with Crippen LogP contribution in [0, 0.1) is 5.41 Å². The summed E-state index contributed by atoms with van der Waals surface area (Å²) in [7, 11) is 0. The molecule has 3 aromatic carbocycles. The first-order valence-corrected chi connectivity index (χ1v) is 12.3. The molecule has 0 spiro atoms. The Bertz CT molecular complexity index is 1360. The summed E-state index contributed by atoms with van der Waals surface area (Å²) in [5.74, 6) is -0.439. The number of carbonyl (C=O) groups excluding carboxylic acids is 2. The molecule has 0 atom stereocenters. The zero-order valence-electron chi connectivity index (χ0n) is 17.7. The third kappa shape index (κ3) is 6.12. The Morgan fingerprint density at radius 2 is 1.69 bits per heavy atom. The summed E-state index contributed by atoms with van der Waals surface area (Å²) < 4.78 is 5.70. The molecule has 1 aliphatic heterocycles. The number of hydrogen-bond acceptors (Lipinski definition) is 5. The predicted octanol–water partition coefficient (Wildman–Crippen LogP) is 7.37. The van der Waals surface area contributed by atoms with Crippen molar-refractivity contribution in [2.75, 3.05) is 16.8 Å². The van der Waals surface area contributed by atoms with Gasteiger partial charge in [-0.3, -0.25) is 19.9 Å². The first-order chi connectivity index (χ1) is 16.7. The Kier molecular flexibility index (Phi) is 7.94. The standard InChI is InChI=1S/C24H15Cl4N3O3S/c25-14-1-4-16(5-2-14)30-22(32)12-34-20-8-3-15(26)9-13(20)10-21-23(33)31(24(29)35-21)17-6-7-18(27)19(28)11-17/h1-11,29H,12H2,(H,30,32)/b21-10-,29-24?. The Balaban J connectivity index is 1.52. The SMILES string of the molecule is N=C1S/C(=C\c2cc(Cl)ccc2OCC(=O)Nc2ccc(Cl)cc2)C(=O)N1c1ccc(Cl)c(Cl)c1. The number of anilines is 2. The second kappa shape index (κ2) is 10.9. The van der Waals surface area contributed by atoms with Crippen LogP contribution in [0.15, 0.2) is 65.6 Å². The Hall–Kier alpha value is -2.68. The van der Waals surface area contributed by atoms with Gasteiger partial charge in [-0.05, 0) is 78.5 Å². The molecule has 6 nitrogen and oxygen atoms in total. The molecule has 1 fully saturated rings. The molecule has 0 bridgehead atoms. The maximum Gasteiger partial charge on any atom is 0.271 e. The van der Waals surface area contributed by atoms with E-state index in [1.165, 1.54) is 11.0 Å². The average molecular weight is 567 g/mol. The molecule has 3 aromatic rings. The van der Waals surface area contributed by atoms with Crippen molar-refractivity contribution in [3.63, 3.8) is 0 Å². The third-order valence-electron chi connectivity index (χ3n) is 4.73. The van der Waals surface area contributed by atoms with Crippen molar-refractivity contribution in [2.45, 2.75) is 0 Å². The zero-order valence-corrected chi connectivity index (χ0v) is 21.5. The van der Waals surface area contributed by atoms with E-state index in [0.29, 0.717) is 37.8 Å². The van der Waals surface area contributed by atoms with Crippen molar-refractivity contribution in [1.29, 1.82) is 5.41 Å². The summed E-state index contributed by atoms with van der Waals surface area (Å²) in [5, 5.41) is 12.6. The van der Waals surface area contributed by atoms with Crippen LogP contribution in [0.2, 0.25) is 20.1 Å². The quantitative estimate of drug-likeness (QED) is 0.305. The number of rotatable bonds is 6. The van der Waals surface area contributed by atoms with Crippen LogP contribution in [0.1, 0.15) is 5.56 Å². The minimum Gasteiger partial charge on any atom is -0.483 e. The minimum absolute atomic E-state index is 0.00600. The monoisotopic (exact) mass is 565 g/mol. The number of hydrogen-bond donors (Lipinski definition) is 2. The van der Waals surface area contributed by atoms with E-state index in [1.807, 2.05) is 0 Å². The van der Waals surface area contributed by atoms with Crippen LogP contribution in [-0.4, -0.2) is 23.6 Å². The first kappa shape index (κ1) is 25.4. The van der Waals surface area contributed by atoms with E-state index in [-0.39, 0.29) is 27.6 Å².